The van der Waals surface area contributed by atoms with E-state index in [1.807, 2.05) is 76.2 Å². The molecule has 0 bridgehead atoms. The van der Waals surface area contributed by atoms with E-state index >= 15 is 0 Å². The van der Waals surface area contributed by atoms with Crippen LogP contribution >= 0.6 is 0 Å². The van der Waals surface area contributed by atoms with Gasteiger partial charge in [-0.2, -0.15) is 0 Å². The van der Waals surface area contributed by atoms with Gasteiger partial charge in [0.1, 0.15) is 13.2 Å². The lowest BCUT2D eigenvalue weighted by Gasteiger charge is -2.32. The van der Waals surface area contributed by atoms with E-state index in [2.05, 4.69) is 6.07 Å². The molecule has 0 saturated heterocycles. The number of aliphatic carboxylic acids is 1. The summed E-state index contributed by atoms with van der Waals surface area (Å²) in [4.78, 5) is 39.1. The quantitative estimate of drug-likeness (QED) is 0.0837. The fourth-order valence-electron chi connectivity index (χ4n) is 6.00. The van der Waals surface area contributed by atoms with Crippen molar-refractivity contribution >= 4 is 39.5 Å². The molecule has 0 fully saturated rings. The first kappa shape index (κ1) is 36.9. The Balaban J connectivity index is 1.71. The number of benzene rings is 3. The van der Waals surface area contributed by atoms with Gasteiger partial charge in [0.25, 0.3) is 0 Å². The Bertz CT molecular complexity index is 1360. The van der Waals surface area contributed by atoms with Gasteiger partial charge in [-0.1, -0.05) is 83.1 Å². The zero-order chi connectivity index (χ0) is 33.6. The number of carboxylic acid groups (broad SMARTS) is 1. The van der Waals surface area contributed by atoms with Crippen molar-refractivity contribution in [3.8, 4) is 0 Å². The van der Waals surface area contributed by atoms with E-state index in [1.54, 1.807) is 14.0 Å². The first-order chi connectivity index (χ1) is 22.1. The van der Waals surface area contributed by atoms with Gasteiger partial charge in [-0.05, 0) is 51.8 Å². The van der Waals surface area contributed by atoms with Crippen LogP contribution in [0.2, 0.25) is 0 Å². The van der Waals surface area contributed by atoms with Crippen LogP contribution in [0.15, 0.2) is 54.6 Å². The molecule has 3 aromatic rings. The number of carbonyl (C=O) groups excluding carboxylic acids is 2. The lowest BCUT2D eigenvalue weighted by atomic mass is 9.73. The van der Waals surface area contributed by atoms with Gasteiger partial charge in [0.2, 0.25) is 0 Å². The monoisotopic (exact) mass is 638 g/mol. The van der Waals surface area contributed by atoms with Gasteiger partial charge in [0, 0.05) is 12.7 Å². The molecule has 5 atom stereocenters. The molecule has 0 radical (unpaired) electrons. The average Bonchev–Trinajstić information content (AvgIpc) is 3.03. The van der Waals surface area contributed by atoms with E-state index in [-0.39, 0.29) is 38.1 Å². The highest BCUT2D eigenvalue weighted by Gasteiger charge is 2.39. The Kier molecular flexibility index (Phi) is 14.9. The molecule has 0 aliphatic heterocycles. The fourth-order valence-corrected chi connectivity index (χ4v) is 6.00. The number of hydrogen-bond donors (Lipinski definition) is 1. The van der Waals surface area contributed by atoms with Crippen molar-refractivity contribution in [1.29, 1.82) is 0 Å². The molecule has 0 aromatic heterocycles. The zero-order valence-corrected chi connectivity index (χ0v) is 28.0. The highest BCUT2D eigenvalue weighted by molar-refractivity contribution is 6.02. The van der Waals surface area contributed by atoms with E-state index in [4.69, 9.17) is 23.7 Å². The Morgan fingerprint density at radius 2 is 1.26 bits per heavy atom. The standard InChI is InChI=1S/C37H50O9/c1-24(2)32(35(38)39)21-25(3)34(37(41)45-20-19-44-18-17-43-16-15-42-6)26(4)27(5)36(40)46-23-33-30-13-9-7-11-28(30)22-29-12-8-10-14-31(29)33/h7-14,22,24-27,32,34H,15-21,23H2,1-6H3,(H,38,39). The van der Waals surface area contributed by atoms with Gasteiger partial charge in [-0.25, -0.2) is 0 Å². The minimum absolute atomic E-state index is 0.0341. The SMILES string of the molecule is COCCOCCOCCOC(=O)C(C(C)CC(C(=O)O)C(C)C)C(C)C(C)C(=O)OCc1c2ccccc2cc2ccccc12. The Morgan fingerprint density at radius 1 is 0.717 bits per heavy atom. The fraction of sp³-hybridized carbons (Fsp3) is 0.541. The smallest absolute Gasteiger partial charge is 0.309 e. The summed E-state index contributed by atoms with van der Waals surface area (Å²) in [5.41, 5.74) is 0.927. The molecule has 9 heteroatoms. The van der Waals surface area contributed by atoms with Crippen LogP contribution in [-0.4, -0.2) is 69.8 Å². The lowest BCUT2D eigenvalue weighted by molar-refractivity contribution is -0.160. The van der Waals surface area contributed by atoms with Crippen molar-refractivity contribution in [1.82, 2.24) is 0 Å². The van der Waals surface area contributed by atoms with Crippen molar-refractivity contribution < 1.29 is 43.2 Å². The molecule has 0 heterocycles. The van der Waals surface area contributed by atoms with Crippen LogP contribution in [0.25, 0.3) is 21.5 Å². The van der Waals surface area contributed by atoms with E-state index in [9.17, 15) is 19.5 Å². The molecule has 0 aliphatic rings. The van der Waals surface area contributed by atoms with Crippen molar-refractivity contribution in [2.24, 2.45) is 35.5 Å². The summed E-state index contributed by atoms with van der Waals surface area (Å²) in [7, 11) is 1.60. The van der Waals surface area contributed by atoms with E-state index < -0.39 is 41.6 Å². The van der Waals surface area contributed by atoms with Crippen LogP contribution in [0.1, 0.15) is 46.6 Å². The molecule has 9 nitrogen and oxygen atoms in total. The van der Waals surface area contributed by atoms with Crippen molar-refractivity contribution in [2.45, 2.75) is 47.6 Å². The molecule has 0 spiro atoms. The van der Waals surface area contributed by atoms with Gasteiger partial charge in [-0.15, -0.1) is 0 Å². The van der Waals surface area contributed by atoms with Gasteiger partial charge in [0.15, 0.2) is 0 Å². The second kappa shape index (κ2) is 18.6. The summed E-state index contributed by atoms with van der Waals surface area (Å²) in [6.45, 7) is 11.2. The van der Waals surface area contributed by atoms with Gasteiger partial charge in [-0.3, -0.25) is 14.4 Å². The lowest BCUT2D eigenvalue weighted by Crippen LogP contribution is -2.38. The summed E-state index contributed by atoms with van der Waals surface area (Å²) in [6.07, 6.45) is 0.274. The van der Waals surface area contributed by atoms with E-state index in [0.29, 0.717) is 26.4 Å². The van der Waals surface area contributed by atoms with Gasteiger partial charge in [0.05, 0.1) is 50.8 Å². The number of rotatable bonds is 20. The molecule has 0 saturated carbocycles. The Hall–Kier alpha value is -3.53. The van der Waals surface area contributed by atoms with Crippen molar-refractivity contribution in [3.63, 3.8) is 0 Å². The van der Waals surface area contributed by atoms with Crippen LogP contribution in [0, 0.1) is 35.5 Å². The number of methoxy groups -OCH3 is 1. The second-order valence-corrected chi connectivity index (χ2v) is 12.4. The minimum Gasteiger partial charge on any atom is -0.481 e. The Labute approximate surface area is 272 Å². The number of carboxylic acids is 1. The number of fused-ring (bicyclic) bond motifs is 2. The molecule has 0 amide bonds. The highest BCUT2D eigenvalue weighted by atomic mass is 16.6. The van der Waals surface area contributed by atoms with Crippen LogP contribution in [0.5, 0.6) is 0 Å². The third-order valence-electron chi connectivity index (χ3n) is 8.88. The molecule has 46 heavy (non-hydrogen) atoms. The van der Waals surface area contributed by atoms with Gasteiger partial charge >= 0.3 is 17.9 Å². The maximum atomic E-state index is 13.5. The third kappa shape index (κ3) is 10.2. The molecule has 3 rings (SSSR count). The predicted molar refractivity (Wildman–Crippen MR) is 177 cm³/mol. The third-order valence-corrected chi connectivity index (χ3v) is 8.88. The topological polar surface area (TPSA) is 118 Å². The first-order valence-electron chi connectivity index (χ1n) is 16.2. The molecular weight excluding hydrogens is 588 g/mol. The van der Waals surface area contributed by atoms with Crippen molar-refractivity contribution in [3.05, 3.63) is 60.2 Å². The van der Waals surface area contributed by atoms with Crippen LogP contribution in [0.3, 0.4) is 0 Å². The molecule has 5 unspecified atom stereocenters. The summed E-state index contributed by atoms with van der Waals surface area (Å²) in [5.74, 6) is -4.78. The first-order valence-corrected chi connectivity index (χ1v) is 16.2. The van der Waals surface area contributed by atoms with Crippen LogP contribution < -0.4 is 0 Å². The summed E-state index contributed by atoms with van der Waals surface area (Å²) < 4.78 is 27.4. The normalized spacial score (nSPS) is 14.9. The average molecular weight is 639 g/mol. The van der Waals surface area contributed by atoms with Crippen LogP contribution in [0.4, 0.5) is 0 Å². The second-order valence-electron chi connectivity index (χ2n) is 12.4. The number of ether oxygens (including phenoxy) is 5. The van der Waals surface area contributed by atoms with Gasteiger partial charge < -0.3 is 28.8 Å². The maximum Gasteiger partial charge on any atom is 0.309 e. The highest BCUT2D eigenvalue weighted by Crippen LogP contribution is 2.35. The Morgan fingerprint density at radius 3 is 1.80 bits per heavy atom. The zero-order valence-electron chi connectivity index (χ0n) is 28.0. The molecule has 1 N–H and O–H groups in total. The molecule has 252 valence electrons. The summed E-state index contributed by atoms with van der Waals surface area (Å²) in [5, 5.41) is 14.0. The molecular formula is C37H50O9. The number of carbonyl (C=O) groups is 3. The number of esters is 2. The van der Waals surface area contributed by atoms with Crippen molar-refractivity contribution in [2.75, 3.05) is 46.8 Å². The van der Waals surface area contributed by atoms with E-state index in [1.165, 1.54) is 0 Å². The molecule has 3 aromatic carbocycles. The van der Waals surface area contributed by atoms with Crippen LogP contribution in [-0.2, 0) is 44.7 Å². The summed E-state index contributed by atoms with van der Waals surface area (Å²) in [6, 6.07) is 18.2. The largest absolute Gasteiger partial charge is 0.481 e. The minimum atomic E-state index is -0.905. The molecule has 0 aliphatic carbocycles. The summed E-state index contributed by atoms with van der Waals surface area (Å²) >= 11 is 0. The maximum absolute atomic E-state index is 13.5. The predicted octanol–water partition coefficient (Wildman–Crippen LogP) is 6.53. The van der Waals surface area contributed by atoms with E-state index in [0.717, 1.165) is 27.1 Å². The number of hydrogen-bond acceptors (Lipinski definition) is 8.